The maximum atomic E-state index is 12.7. The minimum atomic E-state index is -0.302. The molecule has 0 fully saturated rings. The molecule has 0 saturated carbocycles. The fraction of sp³-hybridized carbons (Fsp3) is 0.111. The van der Waals surface area contributed by atoms with Gasteiger partial charge >= 0.3 is 0 Å². The second kappa shape index (κ2) is 3.92. The molecule has 0 heterocycles. The van der Waals surface area contributed by atoms with Gasteiger partial charge in [0.2, 0.25) is 0 Å². The van der Waals surface area contributed by atoms with E-state index < -0.39 is 0 Å². The van der Waals surface area contributed by atoms with E-state index in [2.05, 4.69) is 54.6 Å². The number of halogens is 1. The van der Waals surface area contributed by atoms with Crippen LogP contribution < -0.4 is 0 Å². The lowest BCUT2D eigenvalue weighted by Crippen LogP contribution is -1.91. The van der Waals surface area contributed by atoms with Crippen molar-refractivity contribution in [2.45, 2.75) is 6.42 Å². The van der Waals surface area contributed by atoms with Gasteiger partial charge in [-0.2, -0.15) is 0 Å². The highest BCUT2D eigenvalue weighted by atomic mass is 19.1. The molecule has 0 aliphatic rings. The van der Waals surface area contributed by atoms with Gasteiger partial charge in [0.05, 0.1) is 6.67 Å². The van der Waals surface area contributed by atoms with Crippen molar-refractivity contribution in [2.75, 3.05) is 6.67 Å². The molecule has 0 amide bonds. The van der Waals surface area contributed by atoms with Crippen molar-refractivity contribution in [3.05, 3.63) is 60.2 Å². The van der Waals surface area contributed by atoms with Gasteiger partial charge in [-0.05, 0) is 37.9 Å². The summed E-state index contributed by atoms with van der Waals surface area (Å²) in [5.74, 6) is 0. The third kappa shape index (κ3) is 1.45. The van der Waals surface area contributed by atoms with Crippen molar-refractivity contribution < 1.29 is 4.39 Å². The molecule has 0 N–H and O–H groups in total. The smallest absolute Gasteiger partial charge is 0.0934 e. The van der Waals surface area contributed by atoms with Gasteiger partial charge in [-0.1, -0.05) is 54.6 Å². The number of aryl methyl sites for hydroxylation is 1. The quantitative estimate of drug-likeness (QED) is 0.433. The molecule has 0 aliphatic carbocycles. The first-order valence-corrected chi connectivity index (χ1v) is 6.60. The summed E-state index contributed by atoms with van der Waals surface area (Å²) in [6, 6.07) is 19.1. The summed E-state index contributed by atoms with van der Waals surface area (Å²) in [6.45, 7) is -0.302. The van der Waals surface area contributed by atoms with E-state index in [0.717, 1.165) is 5.56 Å². The molecule has 1 heteroatoms. The van der Waals surface area contributed by atoms with E-state index in [1.54, 1.807) is 0 Å². The van der Waals surface area contributed by atoms with Gasteiger partial charge < -0.3 is 0 Å². The van der Waals surface area contributed by atoms with Gasteiger partial charge in [-0.25, -0.2) is 0 Å². The zero-order chi connectivity index (χ0) is 12.8. The highest BCUT2D eigenvalue weighted by Gasteiger charge is 2.10. The predicted octanol–water partition coefficient (Wildman–Crippen LogP) is 5.10. The largest absolute Gasteiger partial charge is 0.251 e. The number of alkyl halides is 1. The third-order valence-corrected chi connectivity index (χ3v) is 3.98. The van der Waals surface area contributed by atoms with E-state index in [0.29, 0.717) is 6.42 Å². The van der Waals surface area contributed by atoms with E-state index in [1.165, 1.54) is 32.3 Å². The zero-order valence-corrected chi connectivity index (χ0v) is 10.5. The van der Waals surface area contributed by atoms with Crippen LogP contribution >= 0.6 is 0 Å². The van der Waals surface area contributed by atoms with Crippen molar-refractivity contribution in [1.29, 1.82) is 0 Å². The molecule has 0 atom stereocenters. The Labute approximate surface area is 110 Å². The Morgan fingerprint density at radius 3 is 2.05 bits per heavy atom. The number of hydrogen-bond acceptors (Lipinski definition) is 0. The Kier molecular flexibility index (Phi) is 2.22. The van der Waals surface area contributed by atoms with Crippen LogP contribution in [0.3, 0.4) is 0 Å². The molecular formula is C18H13F. The van der Waals surface area contributed by atoms with Crippen LogP contribution in [0.5, 0.6) is 0 Å². The summed E-state index contributed by atoms with van der Waals surface area (Å²) in [5.41, 5.74) is 1.10. The predicted molar refractivity (Wildman–Crippen MR) is 79.8 cm³/mol. The van der Waals surface area contributed by atoms with Crippen molar-refractivity contribution in [3.63, 3.8) is 0 Å². The molecule has 4 rings (SSSR count). The number of benzene rings is 4. The van der Waals surface area contributed by atoms with Gasteiger partial charge in [-0.15, -0.1) is 0 Å². The van der Waals surface area contributed by atoms with Crippen LogP contribution in [-0.2, 0) is 6.42 Å². The topological polar surface area (TPSA) is 0 Å². The van der Waals surface area contributed by atoms with E-state index in [1.807, 2.05) is 0 Å². The molecule has 0 radical (unpaired) electrons. The highest BCUT2D eigenvalue weighted by Crippen LogP contribution is 2.35. The summed E-state index contributed by atoms with van der Waals surface area (Å²) >= 11 is 0. The van der Waals surface area contributed by atoms with E-state index in [9.17, 15) is 4.39 Å². The molecule has 0 aromatic heterocycles. The van der Waals surface area contributed by atoms with Gasteiger partial charge in [0, 0.05) is 6.42 Å². The summed E-state index contributed by atoms with van der Waals surface area (Å²) in [5, 5.41) is 7.53. The lowest BCUT2D eigenvalue weighted by Gasteiger charge is -2.13. The Bertz CT molecular complexity index is 861. The third-order valence-electron chi connectivity index (χ3n) is 3.98. The second-order valence-electron chi connectivity index (χ2n) is 5.02. The van der Waals surface area contributed by atoms with Crippen LogP contribution in [0.4, 0.5) is 4.39 Å². The van der Waals surface area contributed by atoms with Crippen LogP contribution in [0, 0.1) is 0 Å². The first-order chi connectivity index (χ1) is 9.38. The molecule has 0 aliphatic heterocycles. The first kappa shape index (κ1) is 10.7. The molecule has 0 unspecified atom stereocenters. The molecule has 19 heavy (non-hydrogen) atoms. The normalized spacial score (nSPS) is 11.8. The van der Waals surface area contributed by atoms with Crippen LogP contribution in [0.1, 0.15) is 5.56 Å². The van der Waals surface area contributed by atoms with Gasteiger partial charge in [0.1, 0.15) is 0 Å². The van der Waals surface area contributed by atoms with Crippen molar-refractivity contribution in [1.82, 2.24) is 0 Å². The number of rotatable bonds is 2. The van der Waals surface area contributed by atoms with Gasteiger partial charge in [0.15, 0.2) is 0 Å². The van der Waals surface area contributed by atoms with E-state index >= 15 is 0 Å². The summed E-state index contributed by atoms with van der Waals surface area (Å²) in [7, 11) is 0. The van der Waals surface area contributed by atoms with Gasteiger partial charge in [-0.3, -0.25) is 4.39 Å². The monoisotopic (exact) mass is 248 g/mol. The van der Waals surface area contributed by atoms with Crippen LogP contribution in [0.15, 0.2) is 54.6 Å². The minimum Gasteiger partial charge on any atom is -0.251 e. The van der Waals surface area contributed by atoms with Crippen molar-refractivity contribution in [2.24, 2.45) is 0 Å². The molecule has 0 saturated heterocycles. The van der Waals surface area contributed by atoms with Crippen LogP contribution in [0.25, 0.3) is 32.3 Å². The summed E-state index contributed by atoms with van der Waals surface area (Å²) < 4.78 is 12.7. The zero-order valence-electron chi connectivity index (χ0n) is 10.5. The Hall–Kier alpha value is -2.15. The molecule has 0 nitrogen and oxygen atoms in total. The first-order valence-electron chi connectivity index (χ1n) is 6.60. The maximum absolute atomic E-state index is 12.7. The molecule has 4 aromatic carbocycles. The minimum absolute atomic E-state index is 0.302. The fourth-order valence-electron chi connectivity index (χ4n) is 3.12. The Morgan fingerprint density at radius 1 is 0.684 bits per heavy atom. The average molecular weight is 248 g/mol. The average Bonchev–Trinajstić information content (AvgIpc) is 2.46. The van der Waals surface area contributed by atoms with Crippen LogP contribution in [-0.4, -0.2) is 6.67 Å². The molecule has 4 aromatic rings. The standard InChI is InChI=1S/C18H13F/c19-11-10-12-4-5-15-7-6-13-2-1-3-14-8-9-16(12)18(15)17(13)14/h1-9H,10-11H2. The summed E-state index contributed by atoms with van der Waals surface area (Å²) in [4.78, 5) is 0. The maximum Gasteiger partial charge on any atom is 0.0934 e. The lowest BCUT2D eigenvalue weighted by atomic mass is 9.91. The van der Waals surface area contributed by atoms with Gasteiger partial charge in [0.25, 0.3) is 0 Å². The molecular weight excluding hydrogens is 235 g/mol. The fourth-order valence-corrected chi connectivity index (χ4v) is 3.12. The highest BCUT2D eigenvalue weighted by molar-refractivity contribution is 6.23. The molecule has 0 bridgehead atoms. The Balaban J connectivity index is 2.28. The van der Waals surface area contributed by atoms with E-state index in [-0.39, 0.29) is 6.67 Å². The second-order valence-corrected chi connectivity index (χ2v) is 5.02. The molecule has 0 spiro atoms. The molecule has 92 valence electrons. The Morgan fingerprint density at radius 2 is 1.32 bits per heavy atom. The SMILES string of the molecule is FCCc1ccc2ccc3cccc4ccc1c2c34. The number of hydrogen-bond donors (Lipinski definition) is 0. The van der Waals surface area contributed by atoms with Crippen LogP contribution in [0.2, 0.25) is 0 Å². The van der Waals surface area contributed by atoms with Crippen molar-refractivity contribution in [3.8, 4) is 0 Å². The lowest BCUT2D eigenvalue weighted by molar-refractivity contribution is 0.496. The summed E-state index contributed by atoms with van der Waals surface area (Å²) in [6.07, 6.45) is 0.494. The van der Waals surface area contributed by atoms with E-state index in [4.69, 9.17) is 0 Å². The van der Waals surface area contributed by atoms with Crippen molar-refractivity contribution >= 4 is 32.3 Å².